The van der Waals surface area contributed by atoms with E-state index in [4.69, 9.17) is 12.6 Å². The third kappa shape index (κ3) is 6.09. The van der Waals surface area contributed by atoms with Gasteiger partial charge in [-0.05, 0) is 12.3 Å². The Hall–Kier alpha value is 0.520. The van der Waals surface area contributed by atoms with E-state index in [9.17, 15) is 9.90 Å². The van der Waals surface area contributed by atoms with Gasteiger partial charge >= 0.3 is 0 Å². The smallest absolute Gasteiger partial charge is 0.0445 e. The predicted molar refractivity (Wildman–Crippen MR) is 65.8 cm³/mol. The van der Waals surface area contributed by atoms with Gasteiger partial charge in [-0.15, -0.1) is 0 Å². The minimum absolute atomic E-state index is 0.0324. The molecule has 0 aromatic heterocycles. The Morgan fingerprint density at radius 3 is 2.14 bits per heavy atom. The number of thiol groups is 2. The Balaban J connectivity index is 4.16. The molecule has 0 saturated heterocycles. The van der Waals surface area contributed by atoms with Crippen molar-refractivity contribution in [2.75, 3.05) is 0 Å². The van der Waals surface area contributed by atoms with E-state index in [0.29, 0.717) is 12.8 Å². The van der Waals surface area contributed by atoms with E-state index >= 15 is 0 Å². The van der Waals surface area contributed by atoms with Crippen LogP contribution in [0.5, 0.6) is 0 Å². The molecule has 4 unspecified atom stereocenters. The minimum atomic E-state index is -1.03. The first-order valence-corrected chi connectivity index (χ1v) is 6.07. The van der Waals surface area contributed by atoms with E-state index in [1.54, 1.807) is 0 Å². The van der Waals surface area contributed by atoms with Gasteiger partial charge in [-0.25, -0.2) is 0 Å². The molecule has 14 heavy (non-hydrogen) atoms. The van der Waals surface area contributed by atoms with Crippen molar-refractivity contribution in [1.29, 1.82) is 0 Å². The second kappa shape index (κ2) is 6.90. The summed E-state index contributed by atoms with van der Waals surface area (Å²) in [5.41, 5.74) is 0. The molecule has 0 rings (SSSR count). The van der Waals surface area contributed by atoms with Crippen molar-refractivity contribution in [1.82, 2.24) is 0 Å². The average Bonchev–Trinajstić information content (AvgIpc) is 2.01. The van der Waals surface area contributed by atoms with Gasteiger partial charge in [-0.3, -0.25) is 0 Å². The quantitative estimate of drug-likeness (QED) is 0.540. The standard InChI is InChI=1S/C9H18O2S3/c1-5(12)3-7(9(10)11)4-8(14)6(2)13/h5-8,12-14H,3-4H2,1-2H3,(H,10,11)/p-2. The third-order valence-electron chi connectivity index (χ3n) is 2.03. The first-order valence-electron chi connectivity index (χ1n) is 4.57. The number of carboxylic acids is 1. The Bertz CT molecular complexity index is 183. The first-order chi connectivity index (χ1) is 6.34. The lowest BCUT2D eigenvalue weighted by Crippen LogP contribution is -2.35. The molecule has 0 heterocycles. The monoisotopic (exact) mass is 252 g/mol. The Labute approximate surface area is 102 Å². The fraction of sp³-hybridized carbons (Fsp3) is 0.889. The second-order valence-corrected chi connectivity index (χ2v) is 5.89. The summed E-state index contributed by atoms with van der Waals surface area (Å²) in [6, 6.07) is 0. The fourth-order valence-corrected chi connectivity index (χ4v) is 1.79. The molecule has 0 aliphatic rings. The molecule has 2 nitrogen and oxygen atoms in total. The molecule has 0 saturated carbocycles. The molecule has 0 N–H and O–H groups in total. The molecular formula is C9H16O2S3-2. The Kier molecular flexibility index (Phi) is 7.16. The maximum absolute atomic E-state index is 10.8. The van der Waals surface area contributed by atoms with Crippen molar-refractivity contribution in [2.24, 2.45) is 5.92 Å². The summed E-state index contributed by atoms with van der Waals surface area (Å²) in [5, 5.41) is 10.8. The number of aliphatic carboxylic acids is 1. The van der Waals surface area contributed by atoms with Crippen molar-refractivity contribution in [2.45, 2.75) is 42.4 Å². The summed E-state index contributed by atoms with van der Waals surface area (Å²) in [6.45, 7) is 3.72. The van der Waals surface area contributed by atoms with Crippen LogP contribution in [-0.2, 0) is 17.4 Å². The van der Waals surface area contributed by atoms with Crippen LogP contribution in [0, 0.1) is 5.92 Å². The maximum Gasteiger partial charge on any atom is 0.0445 e. The second-order valence-electron chi connectivity index (χ2n) is 3.61. The summed E-state index contributed by atoms with van der Waals surface area (Å²) >= 11 is 13.4. The van der Waals surface area contributed by atoms with Crippen LogP contribution in [0.15, 0.2) is 0 Å². The predicted octanol–water partition coefficient (Wildman–Crippen LogP) is 0.685. The summed E-state index contributed by atoms with van der Waals surface area (Å²) < 4.78 is 0. The highest BCUT2D eigenvalue weighted by Crippen LogP contribution is 2.21. The number of carbonyl (C=O) groups is 1. The molecule has 0 bridgehead atoms. The van der Waals surface area contributed by atoms with Crippen LogP contribution in [-0.4, -0.2) is 21.7 Å². The zero-order valence-corrected chi connectivity index (χ0v) is 10.9. The number of carbonyl (C=O) groups excluding carboxylic acids is 1. The van der Waals surface area contributed by atoms with Crippen LogP contribution in [0.1, 0.15) is 26.7 Å². The molecule has 4 atom stereocenters. The van der Waals surface area contributed by atoms with Crippen molar-refractivity contribution in [3.8, 4) is 0 Å². The minimum Gasteiger partial charge on any atom is -0.789 e. The van der Waals surface area contributed by atoms with Crippen LogP contribution in [0.2, 0.25) is 0 Å². The highest BCUT2D eigenvalue weighted by molar-refractivity contribution is 7.85. The first kappa shape index (κ1) is 14.5. The van der Waals surface area contributed by atoms with Crippen LogP contribution < -0.4 is 5.11 Å². The number of hydrogen-bond acceptors (Lipinski definition) is 5. The molecule has 0 spiro atoms. The van der Waals surface area contributed by atoms with Crippen LogP contribution in [0.3, 0.4) is 0 Å². The fourth-order valence-electron chi connectivity index (χ4n) is 1.18. The van der Waals surface area contributed by atoms with Gasteiger partial charge in [0.2, 0.25) is 0 Å². The van der Waals surface area contributed by atoms with Gasteiger partial charge in [0.05, 0.1) is 0 Å². The number of carboxylic acid groups (broad SMARTS) is 1. The summed E-state index contributed by atoms with van der Waals surface area (Å²) in [4.78, 5) is 10.8. The van der Waals surface area contributed by atoms with Gasteiger partial charge in [-0.2, -0.15) is 30.5 Å². The van der Waals surface area contributed by atoms with Gasteiger partial charge in [0, 0.05) is 16.5 Å². The van der Waals surface area contributed by atoms with Gasteiger partial charge in [0.25, 0.3) is 0 Å². The maximum atomic E-state index is 10.8. The Morgan fingerprint density at radius 1 is 1.36 bits per heavy atom. The van der Waals surface area contributed by atoms with Crippen LogP contribution >= 0.6 is 25.3 Å². The molecule has 0 fully saturated rings. The normalized spacial score (nSPS) is 19.8. The van der Waals surface area contributed by atoms with Gasteiger partial charge in [-0.1, -0.05) is 20.3 Å². The topological polar surface area (TPSA) is 40.1 Å². The van der Waals surface area contributed by atoms with Gasteiger partial charge in [0.1, 0.15) is 0 Å². The molecule has 0 amide bonds. The lowest BCUT2D eigenvalue weighted by atomic mass is 9.97. The van der Waals surface area contributed by atoms with E-state index < -0.39 is 11.9 Å². The number of rotatable bonds is 6. The van der Waals surface area contributed by atoms with Crippen molar-refractivity contribution < 1.29 is 9.90 Å². The van der Waals surface area contributed by atoms with Gasteiger partial charge < -0.3 is 22.5 Å². The van der Waals surface area contributed by atoms with Crippen molar-refractivity contribution in [3.05, 3.63) is 0 Å². The SMILES string of the molecule is CC([S-])CC(CC(S)C(C)S)C(=O)[O-]. The molecular weight excluding hydrogens is 236 g/mol. The van der Waals surface area contributed by atoms with Crippen molar-refractivity contribution >= 4 is 43.9 Å². The summed E-state index contributed by atoms with van der Waals surface area (Å²) in [7, 11) is 0. The molecule has 0 aliphatic heterocycles. The third-order valence-corrected chi connectivity index (χ3v) is 3.48. The largest absolute Gasteiger partial charge is 0.789 e. The van der Waals surface area contributed by atoms with Crippen LogP contribution in [0.25, 0.3) is 0 Å². The highest BCUT2D eigenvalue weighted by atomic mass is 32.1. The summed E-state index contributed by atoms with van der Waals surface area (Å²) in [5.74, 6) is -1.53. The van der Waals surface area contributed by atoms with E-state index in [1.807, 2.05) is 13.8 Å². The Morgan fingerprint density at radius 2 is 1.86 bits per heavy atom. The highest BCUT2D eigenvalue weighted by Gasteiger charge is 2.17. The van der Waals surface area contributed by atoms with E-state index in [0.717, 1.165) is 0 Å². The lowest BCUT2D eigenvalue weighted by Gasteiger charge is -2.28. The summed E-state index contributed by atoms with van der Waals surface area (Å²) in [6.07, 6.45) is 0.937. The zero-order valence-electron chi connectivity index (χ0n) is 8.34. The van der Waals surface area contributed by atoms with E-state index in [-0.39, 0.29) is 15.7 Å². The number of hydrogen-bond donors (Lipinski definition) is 2. The van der Waals surface area contributed by atoms with E-state index in [1.165, 1.54) is 0 Å². The average molecular weight is 252 g/mol. The van der Waals surface area contributed by atoms with Gasteiger partial charge in [0.15, 0.2) is 0 Å². The zero-order chi connectivity index (χ0) is 11.3. The molecule has 5 heteroatoms. The molecule has 0 aliphatic carbocycles. The van der Waals surface area contributed by atoms with Crippen LogP contribution in [0.4, 0.5) is 0 Å². The van der Waals surface area contributed by atoms with E-state index in [2.05, 4.69) is 25.3 Å². The molecule has 0 aromatic rings. The molecule has 0 aromatic carbocycles. The van der Waals surface area contributed by atoms with Crippen molar-refractivity contribution in [3.63, 3.8) is 0 Å². The molecule has 84 valence electrons. The lowest BCUT2D eigenvalue weighted by molar-refractivity contribution is -0.312. The molecule has 0 radical (unpaired) electrons.